The van der Waals surface area contributed by atoms with Crippen LogP contribution in [0.1, 0.15) is 25.7 Å². The molecule has 5 heteroatoms. The maximum atomic E-state index is 11.5. The van der Waals surface area contributed by atoms with E-state index in [0.717, 1.165) is 25.7 Å². The highest BCUT2D eigenvalue weighted by molar-refractivity contribution is 8.02. The molecule has 0 saturated heterocycles. The first-order chi connectivity index (χ1) is 8.58. The summed E-state index contributed by atoms with van der Waals surface area (Å²) in [5, 5.41) is 4.68. The monoisotopic (exact) mass is 269 g/mol. The minimum absolute atomic E-state index is 0.0728. The highest BCUT2D eigenvalue weighted by Crippen LogP contribution is 2.58. The summed E-state index contributed by atoms with van der Waals surface area (Å²) in [6.45, 7) is 3.56. The van der Waals surface area contributed by atoms with Crippen molar-refractivity contribution >= 4 is 23.6 Å². The SMILES string of the molecule is C=CSCC(=O)NC1CC2(C1)CC(C(=O)OC)C2. The zero-order valence-electron chi connectivity index (χ0n) is 10.6. The predicted molar refractivity (Wildman–Crippen MR) is 71.0 cm³/mol. The van der Waals surface area contributed by atoms with Crippen molar-refractivity contribution in [3.8, 4) is 0 Å². The summed E-state index contributed by atoms with van der Waals surface area (Å²) < 4.78 is 4.73. The average molecular weight is 269 g/mol. The number of amides is 1. The van der Waals surface area contributed by atoms with Gasteiger partial charge in [-0.25, -0.2) is 0 Å². The molecule has 0 aliphatic heterocycles. The van der Waals surface area contributed by atoms with Crippen LogP contribution in [-0.2, 0) is 14.3 Å². The minimum atomic E-state index is -0.0875. The number of hydrogen-bond acceptors (Lipinski definition) is 4. The van der Waals surface area contributed by atoms with E-state index in [1.54, 1.807) is 5.41 Å². The molecule has 4 nitrogen and oxygen atoms in total. The number of methoxy groups -OCH3 is 1. The summed E-state index contributed by atoms with van der Waals surface area (Å²) in [7, 11) is 1.44. The van der Waals surface area contributed by atoms with Crippen molar-refractivity contribution < 1.29 is 14.3 Å². The first-order valence-electron chi connectivity index (χ1n) is 6.18. The zero-order valence-corrected chi connectivity index (χ0v) is 11.4. The lowest BCUT2D eigenvalue weighted by Crippen LogP contribution is -2.57. The molecule has 0 heterocycles. The molecule has 1 amide bonds. The normalized spacial score (nSPS) is 33.2. The van der Waals surface area contributed by atoms with E-state index in [4.69, 9.17) is 4.74 Å². The molecule has 0 aromatic rings. The molecule has 0 unspecified atom stereocenters. The zero-order chi connectivity index (χ0) is 13.2. The number of nitrogens with one attached hydrogen (secondary N) is 1. The summed E-state index contributed by atoms with van der Waals surface area (Å²) in [6, 6.07) is 0.293. The third-order valence-corrected chi connectivity index (χ3v) is 4.61. The van der Waals surface area contributed by atoms with Crippen molar-refractivity contribution in [3.05, 3.63) is 12.0 Å². The van der Waals surface area contributed by atoms with Crippen LogP contribution in [0.2, 0.25) is 0 Å². The van der Waals surface area contributed by atoms with Gasteiger partial charge in [0.1, 0.15) is 0 Å². The largest absolute Gasteiger partial charge is 0.469 e. The van der Waals surface area contributed by atoms with E-state index in [0.29, 0.717) is 17.2 Å². The molecule has 0 aromatic heterocycles. The molecule has 0 atom stereocenters. The first kappa shape index (κ1) is 13.5. The third-order valence-electron chi connectivity index (χ3n) is 3.95. The standard InChI is InChI=1S/C13H19NO3S/c1-3-18-8-11(15)14-10-6-13(7-10)4-9(5-13)12(16)17-2/h3,9-10H,1,4-8H2,2H3,(H,14,15). The van der Waals surface area contributed by atoms with E-state index in [1.807, 2.05) is 0 Å². The summed E-state index contributed by atoms with van der Waals surface area (Å²) in [5.41, 5.74) is 0.308. The Bertz CT molecular complexity index is 355. The predicted octanol–water partition coefficient (Wildman–Crippen LogP) is 1.71. The van der Waals surface area contributed by atoms with Crippen LogP contribution < -0.4 is 5.32 Å². The molecule has 100 valence electrons. The molecule has 1 spiro atoms. The Kier molecular flexibility index (Phi) is 4.00. The van der Waals surface area contributed by atoms with Crippen molar-refractivity contribution in [1.82, 2.24) is 5.32 Å². The van der Waals surface area contributed by atoms with Gasteiger partial charge >= 0.3 is 5.97 Å². The van der Waals surface area contributed by atoms with Crippen molar-refractivity contribution in [1.29, 1.82) is 0 Å². The van der Waals surface area contributed by atoms with E-state index in [2.05, 4.69) is 11.9 Å². The van der Waals surface area contributed by atoms with E-state index in [1.165, 1.54) is 18.9 Å². The van der Waals surface area contributed by atoms with Crippen molar-refractivity contribution in [2.75, 3.05) is 12.9 Å². The van der Waals surface area contributed by atoms with Gasteiger partial charge in [-0.15, -0.1) is 11.8 Å². The number of thioether (sulfide) groups is 1. The van der Waals surface area contributed by atoms with Crippen molar-refractivity contribution in [2.24, 2.45) is 11.3 Å². The van der Waals surface area contributed by atoms with Gasteiger partial charge in [0.05, 0.1) is 18.8 Å². The molecule has 18 heavy (non-hydrogen) atoms. The van der Waals surface area contributed by atoms with Crippen LogP contribution >= 0.6 is 11.8 Å². The lowest BCUT2D eigenvalue weighted by atomic mass is 9.50. The Morgan fingerprint density at radius 1 is 1.44 bits per heavy atom. The van der Waals surface area contributed by atoms with Crippen molar-refractivity contribution in [2.45, 2.75) is 31.7 Å². The van der Waals surface area contributed by atoms with Gasteiger partial charge in [0, 0.05) is 6.04 Å². The fourth-order valence-corrected chi connectivity index (χ4v) is 3.50. The highest BCUT2D eigenvalue weighted by Gasteiger charge is 2.55. The Morgan fingerprint density at radius 3 is 2.67 bits per heavy atom. The second-order valence-electron chi connectivity index (χ2n) is 5.28. The van der Waals surface area contributed by atoms with Crippen LogP contribution in [0.4, 0.5) is 0 Å². The van der Waals surface area contributed by atoms with Crippen LogP contribution in [-0.4, -0.2) is 30.8 Å². The van der Waals surface area contributed by atoms with Gasteiger partial charge in [-0.05, 0) is 36.5 Å². The molecule has 0 bridgehead atoms. The third kappa shape index (κ3) is 2.71. The molecule has 2 saturated carbocycles. The Morgan fingerprint density at radius 2 is 2.11 bits per heavy atom. The maximum Gasteiger partial charge on any atom is 0.308 e. The Balaban J connectivity index is 1.65. The number of carbonyl (C=O) groups excluding carboxylic acids is 2. The highest BCUT2D eigenvalue weighted by atomic mass is 32.2. The average Bonchev–Trinajstić information content (AvgIpc) is 2.26. The summed E-state index contributed by atoms with van der Waals surface area (Å²) in [5.74, 6) is 0.514. The van der Waals surface area contributed by atoms with Gasteiger partial charge in [0.2, 0.25) is 5.91 Å². The van der Waals surface area contributed by atoms with Crippen LogP contribution in [0.25, 0.3) is 0 Å². The lowest BCUT2D eigenvalue weighted by molar-refractivity contribution is -0.160. The molecular formula is C13H19NO3S. The maximum absolute atomic E-state index is 11.5. The molecule has 2 aliphatic carbocycles. The van der Waals surface area contributed by atoms with Crippen LogP contribution in [0, 0.1) is 11.3 Å². The van der Waals surface area contributed by atoms with Crippen molar-refractivity contribution in [3.63, 3.8) is 0 Å². The molecule has 0 radical (unpaired) electrons. The van der Waals surface area contributed by atoms with Crippen LogP contribution in [0.5, 0.6) is 0 Å². The summed E-state index contributed by atoms with van der Waals surface area (Å²) >= 11 is 1.41. The number of rotatable bonds is 5. The van der Waals surface area contributed by atoms with E-state index >= 15 is 0 Å². The quantitative estimate of drug-likeness (QED) is 0.772. The molecular weight excluding hydrogens is 250 g/mol. The fraction of sp³-hybridized carbons (Fsp3) is 0.692. The Hall–Kier alpha value is -0.970. The van der Waals surface area contributed by atoms with Gasteiger partial charge in [-0.1, -0.05) is 6.58 Å². The first-order valence-corrected chi connectivity index (χ1v) is 7.23. The number of esters is 1. The van der Waals surface area contributed by atoms with Gasteiger partial charge in [-0.2, -0.15) is 0 Å². The smallest absolute Gasteiger partial charge is 0.308 e. The van der Waals surface area contributed by atoms with E-state index in [9.17, 15) is 9.59 Å². The van der Waals surface area contributed by atoms with Gasteiger partial charge < -0.3 is 10.1 Å². The number of carbonyl (C=O) groups is 2. The second kappa shape index (κ2) is 5.34. The second-order valence-corrected chi connectivity index (χ2v) is 6.23. The lowest BCUT2D eigenvalue weighted by Gasteiger charge is -2.56. The number of ether oxygens (including phenoxy) is 1. The topological polar surface area (TPSA) is 55.4 Å². The summed E-state index contributed by atoms with van der Waals surface area (Å²) in [6.07, 6.45) is 3.86. The molecule has 2 rings (SSSR count). The number of hydrogen-bond donors (Lipinski definition) is 1. The van der Waals surface area contributed by atoms with Crippen LogP contribution in [0.3, 0.4) is 0 Å². The van der Waals surface area contributed by atoms with Gasteiger partial charge in [-0.3, -0.25) is 9.59 Å². The van der Waals surface area contributed by atoms with Gasteiger partial charge in [0.25, 0.3) is 0 Å². The molecule has 0 aromatic carbocycles. The van der Waals surface area contributed by atoms with Crippen LogP contribution in [0.15, 0.2) is 12.0 Å². The summed E-state index contributed by atoms with van der Waals surface area (Å²) in [4.78, 5) is 22.8. The van der Waals surface area contributed by atoms with Gasteiger partial charge in [0.15, 0.2) is 0 Å². The molecule has 1 N–H and O–H groups in total. The Labute approximate surface area is 112 Å². The van der Waals surface area contributed by atoms with E-state index < -0.39 is 0 Å². The fourth-order valence-electron chi connectivity index (χ4n) is 3.14. The minimum Gasteiger partial charge on any atom is -0.469 e. The molecule has 2 aliphatic rings. The van der Waals surface area contributed by atoms with E-state index in [-0.39, 0.29) is 17.8 Å². The molecule has 2 fully saturated rings.